The number of amidine groups is 1. The van der Waals surface area contributed by atoms with Crippen molar-refractivity contribution in [2.24, 2.45) is 16.1 Å². The second-order valence-electron chi connectivity index (χ2n) is 18.6. The summed E-state index contributed by atoms with van der Waals surface area (Å²) in [5, 5.41) is 15.4. The molecule has 4 N–H and O–H groups in total. The summed E-state index contributed by atoms with van der Waals surface area (Å²) < 4.78 is 16.1. The van der Waals surface area contributed by atoms with E-state index in [9.17, 15) is 4.79 Å². The number of nitrogens with zero attached hydrogens (tertiary/aromatic N) is 5. The summed E-state index contributed by atoms with van der Waals surface area (Å²) >= 11 is 0. The van der Waals surface area contributed by atoms with Crippen molar-refractivity contribution in [3.63, 3.8) is 0 Å². The van der Waals surface area contributed by atoms with Crippen molar-refractivity contribution in [2.75, 3.05) is 18.0 Å². The molecule has 0 saturated carbocycles. The highest BCUT2D eigenvalue weighted by atomic mass is 28.4. The van der Waals surface area contributed by atoms with Crippen LogP contribution in [0.5, 0.6) is 5.75 Å². The molecule has 0 bridgehead atoms. The van der Waals surface area contributed by atoms with Crippen molar-refractivity contribution < 1.29 is 14.0 Å². The molecule has 11 nitrogen and oxygen atoms in total. The molecule has 1 aliphatic heterocycles. The zero-order valence-electron chi connectivity index (χ0n) is 37.1. The quantitative estimate of drug-likeness (QED) is 0.0780. The van der Waals surface area contributed by atoms with Crippen molar-refractivity contribution in [1.82, 2.24) is 25.2 Å². The third kappa shape index (κ3) is 10.4. The average Bonchev–Trinajstić information content (AvgIpc) is 3.58. The lowest BCUT2D eigenvalue weighted by atomic mass is 9.85. The van der Waals surface area contributed by atoms with Gasteiger partial charge in [-0.15, -0.1) is 10.2 Å². The lowest BCUT2D eigenvalue weighted by Gasteiger charge is -2.45. The van der Waals surface area contributed by atoms with Crippen LogP contribution in [0.1, 0.15) is 130 Å². The van der Waals surface area contributed by atoms with Crippen molar-refractivity contribution >= 4 is 37.5 Å². The smallest absolute Gasteiger partial charge is 0.320 e. The van der Waals surface area contributed by atoms with Crippen LogP contribution in [0, 0.1) is 12.3 Å². The molecular formula is C47H68N8O3Si. The first-order valence-electron chi connectivity index (χ1n) is 21.8. The highest BCUT2D eigenvalue weighted by Crippen LogP contribution is 2.44. The van der Waals surface area contributed by atoms with E-state index < -0.39 is 8.32 Å². The molecule has 6 rings (SSSR count). The van der Waals surface area contributed by atoms with Crippen LogP contribution in [0.15, 0.2) is 83.6 Å². The number of amides is 2. The summed E-state index contributed by atoms with van der Waals surface area (Å²) in [5.74, 6) is 1.97. The number of carbonyl (C=O) groups excluding carboxylic acids is 1. The molecule has 0 spiro atoms. The van der Waals surface area contributed by atoms with Crippen LogP contribution in [0.25, 0.3) is 5.65 Å². The number of anilines is 1. The van der Waals surface area contributed by atoms with Crippen LogP contribution < -0.4 is 26.0 Å². The zero-order valence-corrected chi connectivity index (χ0v) is 38.1. The van der Waals surface area contributed by atoms with E-state index in [2.05, 4.69) is 78.7 Å². The summed E-state index contributed by atoms with van der Waals surface area (Å²) in [7, 11) is -1.99. The van der Waals surface area contributed by atoms with Crippen molar-refractivity contribution in [1.29, 1.82) is 0 Å². The fourth-order valence-electron chi connectivity index (χ4n) is 9.11. The number of aliphatic imine (C=N–C) groups is 1. The van der Waals surface area contributed by atoms with Crippen molar-refractivity contribution in [2.45, 2.75) is 143 Å². The third-order valence-corrected chi connectivity index (χ3v) is 18.5. The van der Waals surface area contributed by atoms with E-state index in [1.165, 1.54) is 0 Å². The summed E-state index contributed by atoms with van der Waals surface area (Å²) in [6.07, 6.45) is 9.56. The van der Waals surface area contributed by atoms with Crippen LogP contribution in [0.2, 0.25) is 16.6 Å². The van der Waals surface area contributed by atoms with Crippen LogP contribution in [0.3, 0.4) is 0 Å². The summed E-state index contributed by atoms with van der Waals surface area (Å²) in [4.78, 5) is 20.7. The molecule has 3 atom stereocenters. The highest BCUT2D eigenvalue weighted by Gasteiger charge is 2.46. The van der Waals surface area contributed by atoms with Crippen LogP contribution in [0.4, 0.5) is 16.4 Å². The van der Waals surface area contributed by atoms with Gasteiger partial charge < -0.3 is 25.1 Å². The lowest BCUT2D eigenvalue weighted by molar-refractivity contribution is 0.149. The average molecular weight is 821 g/mol. The number of carbonyl (C=O) groups is 1. The van der Waals surface area contributed by atoms with Gasteiger partial charge in [-0.3, -0.25) is 9.72 Å². The first-order chi connectivity index (χ1) is 28.0. The Morgan fingerprint density at radius 3 is 2.25 bits per heavy atom. The monoisotopic (exact) mass is 821 g/mol. The summed E-state index contributed by atoms with van der Waals surface area (Å²) in [6.45, 7) is 24.1. The van der Waals surface area contributed by atoms with E-state index in [-0.39, 0.29) is 29.7 Å². The van der Waals surface area contributed by atoms with E-state index in [0.717, 1.165) is 84.9 Å². The van der Waals surface area contributed by atoms with E-state index in [0.29, 0.717) is 34.6 Å². The zero-order chi connectivity index (χ0) is 42.5. The topological polar surface area (TPSA) is 131 Å². The van der Waals surface area contributed by atoms with Crippen molar-refractivity contribution in [3.05, 3.63) is 95.3 Å². The Labute approximate surface area is 353 Å². The number of aromatic nitrogens is 3. The number of nitrogens with one attached hydrogen (secondary N) is 2. The van der Waals surface area contributed by atoms with Gasteiger partial charge in [0.25, 0.3) is 0 Å². The van der Waals surface area contributed by atoms with Gasteiger partial charge in [0.05, 0.1) is 17.9 Å². The molecule has 2 aromatic carbocycles. The van der Waals surface area contributed by atoms with E-state index in [1.807, 2.05) is 82.4 Å². The van der Waals surface area contributed by atoms with Crippen LogP contribution in [-0.4, -0.2) is 54.0 Å². The molecule has 0 radical (unpaired) electrons. The maximum absolute atomic E-state index is 13.6. The van der Waals surface area contributed by atoms with Gasteiger partial charge in [0.15, 0.2) is 5.65 Å². The first kappa shape index (κ1) is 43.9. The molecular weight excluding hydrogens is 753 g/mol. The minimum Gasteiger partial charge on any atom is -0.484 e. The number of hydrogen-bond donors (Lipinski definition) is 3. The van der Waals surface area contributed by atoms with E-state index in [4.69, 9.17) is 25.0 Å². The van der Waals surface area contributed by atoms with Crippen LogP contribution in [-0.2, 0) is 4.43 Å². The molecule has 1 fully saturated rings. The predicted molar refractivity (Wildman–Crippen MR) is 243 cm³/mol. The number of pyridine rings is 1. The summed E-state index contributed by atoms with van der Waals surface area (Å²) in [5.41, 5.74) is 13.2. The number of hydrogen-bond acceptors (Lipinski definition) is 8. The number of ether oxygens (including phenoxy) is 1. The van der Waals surface area contributed by atoms with Crippen molar-refractivity contribution in [3.8, 4) is 5.75 Å². The van der Waals surface area contributed by atoms with Gasteiger partial charge >= 0.3 is 6.03 Å². The largest absolute Gasteiger partial charge is 0.484 e. The fourth-order valence-corrected chi connectivity index (χ4v) is 14.7. The number of nitrogens with two attached hydrogens (primary N) is 1. The Kier molecular flexibility index (Phi) is 13.9. The second kappa shape index (κ2) is 18.7. The Morgan fingerprint density at radius 1 is 0.881 bits per heavy atom. The Morgan fingerprint density at radius 2 is 1.58 bits per heavy atom. The minimum atomic E-state index is -1.99. The number of benzene rings is 2. The van der Waals surface area contributed by atoms with E-state index >= 15 is 0 Å². The Balaban J connectivity index is 1.16. The van der Waals surface area contributed by atoms with E-state index in [1.54, 1.807) is 6.08 Å². The van der Waals surface area contributed by atoms with Gasteiger partial charge in [-0.1, -0.05) is 104 Å². The molecule has 59 heavy (non-hydrogen) atoms. The number of allylic oxidation sites excluding steroid dienone is 1. The number of fused-ring (bicyclic) bond motifs is 2. The number of rotatable bonds is 11. The molecule has 318 valence electrons. The molecule has 1 saturated heterocycles. The normalized spacial score (nSPS) is 19.8. The highest BCUT2D eigenvalue weighted by molar-refractivity contribution is 6.77. The molecule has 2 aliphatic rings. The first-order valence-corrected chi connectivity index (χ1v) is 23.9. The molecule has 3 heterocycles. The SMILES string of the molecule is Cc1ccc(N=C(/C=C(\N)C(C)(C)C)NC(=O)N[C@H]2CC[C@@H](Oc3ccc4nnc(N5CCCCC(O[Si](C(C)C)(C(C)C)C(C)C)CC5)n4c3)c3ccccc32)cc1. The third-order valence-electron chi connectivity index (χ3n) is 12.3. The van der Waals surface area contributed by atoms with Gasteiger partial charge in [-0.2, -0.15) is 0 Å². The molecule has 1 aliphatic carbocycles. The molecule has 1 unspecified atom stereocenters. The van der Waals surface area contributed by atoms with Crippen LogP contribution >= 0.6 is 0 Å². The second-order valence-corrected chi connectivity index (χ2v) is 24.0. The number of aryl methyl sites for hydroxylation is 1. The number of urea groups is 1. The minimum absolute atomic E-state index is 0.190. The molecule has 2 amide bonds. The lowest BCUT2D eigenvalue weighted by Crippen LogP contribution is -2.51. The van der Waals surface area contributed by atoms with Gasteiger partial charge in [-0.05, 0) is 97.5 Å². The maximum Gasteiger partial charge on any atom is 0.320 e. The van der Waals surface area contributed by atoms with Gasteiger partial charge in [-0.25, -0.2) is 9.79 Å². The van der Waals surface area contributed by atoms with Gasteiger partial charge in [0, 0.05) is 36.4 Å². The Hall–Kier alpha value is -4.68. The van der Waals surface area contributed by atoms with Gasteiger partial charge in [0.2, 0.25) is 14.3 Å². The predicted octanol–water partition coefficient (Wildman–Crippen LogP) is 10.9. The standard InChI is InChI=1S/C47H68N8O3Si/c1-31(2)59(32(3)4,33(5)6)58-36-15-13-14-27-54(28-26-36)46-53-52-44-25-22-37(30-55(44)46)57-41-24-23-40(38-16-11-12-17-39(38)41)50-45(56)51-43(29-42(48)47(8,9)10)49-35-20-18-34(7)19-21-35/h11-12,16-22,25,29-33,36,40-41H,13-15,23-24,26-28,48H2,1-10H3,(H2,49,50,51,56)/b42-29-/t36?,40-,41+/m0/s1. The molecule has 12 heteroatoms. The molecule has 2 aromatic heterocycles. The summed E-state index contributed by atoms with van der Waals surface area (Å²) in [6, 6.07) is 19.5. The Bertz CT molecular complexity index is 2080. The van der Waals surface area contributed by atoms with Gasteiger partial charge in [0.1, 0.15) is 17.7 Å². The maximum atomic E-state index is 13.6. The fraction of sp³-hybridized carbons (Fsp3) is 0.532. The molecule has 4 aromatic rings.